The number of halogens is 1. The number of benzene rings is 2. The minimum Gasteiger partial charge on any atom is -0.306 e. The second kappa shape index (κ2) is 7.20. The molecule has 0 aromatic heterocycles. The monoisotopic (exact) mass is 304 g/mol. The Kier molecular flexibility index (Phi) is 5.31. The zero-order valence-corrected chi connectivity index (χ0v) is 12.5. The molecule has 0 fully saturated rings. The number of nitrogens with one attached hydrogen (secondary N) is 1. The first-order valence-corrected chi connectivity index (χ1v) is 7.20. The summed E-state index contributed by atoms with van der Waals surface area (Å²) in [7, 11) is 0. The number of hydrogen-bond donors (Lipinski definition) is 1. The van der Waals surface area contributed by atoms with Gasteiger partial charge >= 0.3 is 0 Å². The van der Waals surface area contributed by atoms with Crippen LogP contribution >= 0.6 is 11.6 Å². The van der Waals surface area contributed by atoms with Crippen LogP contribution in [0.5, 0.6) is 0 Å². The molecule has 0 saturated carbocycles. The van der Waals surface area contributed by atoms with Gasteiger partial charge in [-0.15, -0.1) is 0 Å². The molecule has 2 aromatic rings. The van der Waals surface area contributed by atoms with Crippen LogP contribution in [0.25, 0.3) is 0 Å². The van der Waals surface area contributed by atoms with Crippen LogP contribution in [0.15, 0.2) is 48.5 Å². The van der Waals surface area contributed by atoms with Crippen LogP contribution in [0.1, 0.15) is 30.5 Å². The van der Waals surface area contributed by atoms with Crippen molar-refractivity contribution < 1.29 is 4.92 Å². The van der Waals surface area contributed by atoms with Gasteiger partial charge in [0.1, 0.15) is 0 Å². The molecule has 0 heterocycles. The number of nitro groups is 1. The van der Waals surface area contributed by atoms with Gasteiger partial charge in [-0.1, -0.05) is 42.8 Å². The van der Waals surface area contributed by atoms with Crippen molar-refractivity contribution >= 4 is 17.3 Å². The van der Waals surface area contributed by atoms with E-state index in [-0.39, 0.29) is 16.7 Å². The smallest absolute Gasteiger partial charge is 0.269 e. The van der Waals surface area contributed by atoms with Gasteiger partial charge in [-0.2, -0.15) is 0 Å². The van der Waals surface area contributed by atoms with E-state index in [0.717, 1.165) is 17.0 Å². The summed E-state index contributed by atoms with van der Waals surface area (Å²) >= 11 is 5.90. The minimum absolute atomic E-state index is 0.114. The van der Waals surface area contributed by atoms with Gasteiger partial charge in [0, 0.05) is 29.7 Å². The van der Waals surface area contributed by atoms with Gasteiger partial charge in [-0.3, -0.25) is 10.1 Å². The highest BCUT2D eigenvalue weighted by molar-refractivity contribution is 6.30. The Morgan fingerprint density at radius 1 is 1.14 bits per heavy atom. The average Bonchev–Trinajstić information content (AvgIpc) is 2.50. The molecule has 0 aliphatic rings. The molecule has 1 N–H and O–H groups in total. The lowest BCUT2D eigenvalue weighted by Crippen LogP contribution is -2.20. The second-order valence-electron chi connectivity index (χ2n) is 4.82. The Balaban J connectivity index is 1.99. The lowest BCUT2D eigenvalue weighted by molar-refractivity contribution is -0.384. The Morgan fingerprint density at radius 2 is 1.76 bits per heavy atom. The highest BCUT2D eigenvalue weighted by Crippen LogP contribution is 2.20. The lowest BCUT2D eigenvalue weighted by Gasteiger charge is -2.17. The largest absolute Gasteiger partial charge is 0.306 e. The number of nitrogens with zero attached hydrogens (tertiary/aromatic N) is 1. The molecule has 0 saturated heterocycles. The van der Waals surface area contributed by atoms with Crippen molar-refractivity contribution in [1.29, 1.82) is 0 Å². The summed E-state index contributed by atoms with van der Waals surface area (Å²) < 4.78 is 0. The summed E-state index contributed by atoms with van der Waals surface area (Å²) in [6.07, 6.45) is 0.953. The molecule has 0 spiro atoms. The summed E-state index contributed by atoms with van der Waals surface area (Å²) in [5, 5.41) is 14.8. The van der Waals surface area contributed by atoms with Crippen LogP contribution < -0.4 is 5.32 Å². The van der Waals surface area contributed by atoms with E-state index in [1.165, 1.54) is 17.7 Å². The predicted octanol–water partition coefficient (Wildman–Crippen LogP) is 4.49. The number of nitro benzene ring substituents is 1. The molecule has 1 unspecified atom stereocenters. The van der Waals surface area contributed by atoms with E-state index >= 15 is 0 Å². The Morgan fingerprint density at radius 3 is 2.29 bits per heavy atom. The molecule has 2 rings (SSSR count). The molecule has 2 aromatic carbocycles. The molecule has 0 aliphatic carbocycles. The second-order valence-corrected chi connectivity index (χ2v) is 5.25. The molecule has 5 heteroatoms. The Labute approximate surface area is 128 Å². The third kappa shape index (κ3) is 4.28. The van der Waals surface area contributed by atoms with E-state index in [2.05, 4.69) is 12.2 Å². The van der Waals surface area contributed by atoms with Crippen LogP contribution in [-0.4, -0.2) is 4.92 Å². The van der Waals surface area contributed by atoms with E-state index in [1.54, 1.807) is 12.1 Å². The summed E-state index contributed by atoms with van der Waals surface area (Å²) in [5.74, 6) is 0. The molecule has 21 heavy (non-hydrogen) atoms. The van der Waals surface area contributed by atoms with Crippen molar-refractivity contribution in [2.24, 2.45) is 0 Å². The lowest BCUT2D eigenvalue weighted by atomic mass is 10.0. The van der Waals surface area contributed by atoms with Crippen LogP contribution in [0, 0.1) is 10.1 Å². The molecule has 0 aliphatic heterocycles. The summed E-state index contributed by atoms with van der Waals surface area (Å²) in [6, 6.07) is 14.6. The summed E-state index contributed by atoms with van der Waals surface area (Å²) in [5.41, 5.74) is 2.32. The van der Waals surface area contributed by atoms with Crippen molar-refractivity contribution in [3.63, 3.8) is 0 Å². The SMILES string of the molecule is CCC(NCc1ccc([N+](=O)[O-])cc1)c1ccc(Cl)cc1. The van der Waals surface area contributed by atoms with Gasteiger partial charge in [-0.25, -0.2) is 0 Å². The number of hydrogen-bond acceptors (Lipinski definition) is 3. The third-order valence-corrected chi connectivity index (χ3v) is 3.63. The minimum atomic E-state index is -0.389. The fourth-order valence-corrected chi connectivity index (χ4v) is 2.30. The van der Waals surface area contributed by atoms with Crippen molar-refractivity contribution in [2.75, 3.05) is 0 Å². The maximum atomic E-state index is 10.6. The van der Waals surface area contributed by atoms with Crippen molar-refractivity contribution in [3.05, 3.63) is 74.8 Å². The maximum Gasteiger partial charge on any atom is 0.269 e. The molecule has 0 radical (unpaired) electrons. The first kappa shape index (κ1) is 15.5. The molecular formula is C16H17ClN2O2. The van der Waals surface area contributed by atoms with Crippen molar-refractivity contribution in [3.8, 4) is 0 Å². The van der Waals surface area contributed by atoms with E-state index in [0.29, 0.717) is 6.54 Å². The maximum absolute atomic E-state index is 10.6. The van der Waals surface area contributed by atoms with E-state index in [1.807, 2.05) is 24.3 Å². The number of rotatable bonds is 6. The normalized spacial score (nSPS) is 12.1. The fraction of sp³-hybridized carbons (Fsp3) is 0.250. The molecule has 0 bridgehead atoms. The van der Waals surface area contributed by atoms with E-state index in [9.17, 15) is 10.1 Å². The zero-order chi connectivity index (χ0) is 15.2. The first-order chi connectivity index (χ1) is 10.1. The first-order valence-electron chi connectivity index (χ1n) is 6.82. The van der Waals surface area contributed by atoms with Crippen LogP contribution in [-0.2, 0) is 6.54 Å². The van der Waals surface area contributed by atoms with Gasteiger partial charge in [0.25, 0.3) is 5.69 Å². The van der Waals surface area contributed by atoms with Gasteiger partial charge in [0.15, 0.2) is 0 Å². The topological polar surface area (TPSA) is 55.2 Å². The zero-order valence-electron chi connectivity index (χ0n) is 11.8. The average molecular weight is 305 g/mol. The molecule has 1 atom stereocenters. The van der Waals surface area contributed by atoms with E-state index < -0.39 is 0 Å². The van der Waals surface area contributed by atoms with Gasteiger partial charge in [-0.05, 0) is 29.7 Å². The fourth-order valence-electron chi connectivity index (χ4n) is 2.17. The van der Waals surface area contributed by atoms with Gasteiger partial charge < -0.3 is 5.32 Å². The van der Waals surface area contributed by atoms with Crippen LogP contribution in [0.4, 0.5) is 5.69 Å². The Hall–Kier alpha value is -1.91. The predicted molar refractivity (Wildman–Crippen MR) is 84.4 cm³/mol. The van der Waals surface area contributed by atoms with Crippen molar-refractivity contribution in [2.45, 2.75) is 25.9 Å². The summed E-state index contributed by atoms with van der Waals surface area (Å²) in [4.78, 5) is 10.2. The van der Waals surface area contributed by atoms with Crippen LogP contribution in [0.2, 0.25) is 5.02 Å². The van der Waals surface area contributed by atoms with E-state index in [4.69, 9.17) is 11.6 Å². The standard InChI is InChI=1S/C16H17ClN2O2/c1-2-16(13-5-7-14(17)8-6-13)18-11-12-3-9-15(10-4-12)19(20)21/h3-10,16,18H,2,11H2,1H3. The Bertz CT molecular complexity index is 597. The molecule has 110 valence electrons. The van der Waals surface area contributed by atoms with Gasteiger partial charge in [0.05, 0.1) is 4.92 Å². The molecule has 0 amide bonds. The number of non-ortho nitro benzene ring substituents is 1. The molecular weight excluding hydrogens is 288 g/mol. The highest BCUT2D eigenvalue weighted by atomic mass is 35.5. The highest BCUT2D eigenvalue weighted by Gasteiger charge is 2.09. The van der Waals surface area contributed by atoms with Crippen molar-refractivity contribution in [1.82, 2.24) is 5.32 Å². The quantitative estimate of drug-likeness (QED) is 0.632. The summed E-state index contributed by atoms with van der Waals surface area (Å²) in [6.45, 7) is 2.78. The third-order valence-electron chi connectivity index (χ3n) is 3.38. The van der Waals surface area contributed by atoms with Gasteiger partial charge in [0.2, 0.25) is 0 Å². The molecule has 4 nitrogen and oxygen atoms in total. The van der Waals surface area contributed by atoms with Crippen LogP contribution in [0.3, 0.4) is 0 Å².